The van der Waals surface area contributed by atoms with Gasteiger partial charge in [-0.3, -0.25) is 5.84 Å². The summed E-state index contributed by atoms with van der Waals surface area (Å²) in [4.78, 5) is 0. The highest BCUT2D eigenvalue weighted by atomic mass is 16.5. The van der Waals surface area contributed by atoms with Crippen LogP contribution in [0.15, 0.2) is 24.3 Å². The Kier molecular flexibility index (Phi) is 7.67. The van der Waals surface area contributed by atoms with Crippen molar-refractivity contribution in [2.45, 2.75) is 38.3 Å². The minimum absolute atomic E-state index is 0.142. The predicted molar refractivity (Wildman–Crippen MR) is 84.2 cm³/mol. The van der Waals surface area contributed by atoms with Gasteiger partial charge in [0.2, 0.25) is 0 Å². The van der Waals surface area contributed by atoms with Crippen molar-refractivity contribution in [1.82, 2.24) is 5.43 Å². The minimum Gasteiger partial charge on any atom is -0.491 e. The summed E-state index contributed by atoms with van der Waals surface area (Å²) in [5, 5.41) is 0. The Morgan fingerprint density at radius 2 is 1.81 bits per heavy atom. The van der Waals surface area contributed by atoms with Crippen LogP contribution in [0, 0.1) is 0 Å². The van der Waals surface area contributed by atoms with E-state index in [1.165, 1.54) is 0 Å². The summed E-state index contributed by atoms with van der Waals surface area (Å²) in [5.41, 5.74) is 3.54. The van der Waals surface area contributed by atoms with Crippen molar-refractivity contribution in [3.05, 3.63) is 29.8 Å². The second-order valence-corrected chi connectivity index (χ2v) is 4.95. The van der Waals surface area contributed by atoms with Gasteiger partial charge in [0.05, 0.1) is 18.2 Å². The molecule has 0 aliphatic carbocycles. The quantitative estimate of drug-likeness (QED) is 0.394. The molecule has 5 heteroatoms. The van der Waals surface area contributed by atoms with Gasteiger partial charge < -0.3 is 14.2 Å². The van der Waals surface area contributed by atoms with Gasteiger partial charge in [-0.15, -0.1) is 0 Å². The van der Waals surface area contributed by atoms with E-state index in [9.17, 15) is 0 Å². The Bertz CT molecular complexity index is 400. The van der Waals surface area contributed by atoms with Crippen LogP contribution in [0.4, 0.5) is 0 Å². The molecular weight excluding hydrogens is 268 g/mol. The van der Waals surface area contributed by atoms with Gasteiger partial charge in [0, 0.05) is 19.8 Å². The van der Waals surface area contributed by atoms with Gasteiger partial charge in [0.15, 0.2) is 0 Å². The van der Waals surface area contributed by atoms with Crippen LogP contribution in [0.1, 0.15) is 38.3 Å². The number of nitrogens with two attached hydrogens (primary N) is 1. The number of nitrogens with one attached hydrogen (secondary N) is 1. The maximum atomic E-state index is 5.83. The molecule has 0 fully saturated rings. The summed E-state index contributed by atoms with van der Waals surface area (Å²) in [6.45, 7) is 5.26. The minimum atomic E-state index is -0.366. The summed E-state index contributed by atoms with van der Waals surface area (Å²) in [6.07, 6.45) is 1.70. The normalized spacial score (nSPS) is 13.2. The van der Waals surface area contributed by atoms with E-state index in [1.54, 1.807) is 14.2 Å². The molecule has 0 saturated carbocycles. The van der Waals surface area contributed by atoms with E-state index in [1.807, 2.05) is 24.3 Å². The third-order valence-electron chi connectivity index (χ3n) is 4.07. The lowest BCUT2D eigenvalue weighted by Gasteiger charge is -2.38. The van der Waals surface area contributed by atoms with E-state index >= 15 is 0 Å². The van der Waals surface area contributed by atoms with Crippen molar-refractivity contribution >= 4 is 0 Å². The third kappa shape index (κ3) is 4.17. The molecule has 120 valence electrons. The van der Waals surface area contributed by atoms with Crippen molar-refractivity contribution in [2.75, 3.05) is 27.4 Å². The Morgan fingerprint density at radius 1 is 1.14 bits per heavy atom. The molecule has 0 heterocycles. The smallest absolute Gasteiger partial charge is 0.124 e. The summed E-state index contributed by atoms with van der Waals surface area (Å²) in [5.74, 6) is 6.64. The summed E-state index contributed by atoms with van der Waals surface area (Å²) >= 11 is 0. The van der Waals surface area contributed by atoms with E-state index in [-0.39, 0.29) is 11.6 Å². The maximum absolute atomic E-state index is 5.83. The van der Waals surface area contributed by atoms with E-state index in [4.69, 9.17) is 20.1 Å². The molecule has 0 aromatic heterocycles. The Balaban J connectivity index is 3.09. The zero-order chi connectivity index (χ0) is 15.7. The zero-order valence-electron chi connectivity index (χ0n) is 13.5. The average molecular weight is 296 g/mol. The topological polar surface area (TPSA) is 65.7 Å². The second kappa shape index (κ2) is 9.00. The van der Waals surface area contributed by atoms with Crippen LogP contribution in [0.2, 0.25) is 0 Å². The largest absolute Gasteiger partial charge is 0.491 e. The van der Waals surface area contributed by atoms with Gasteiger partial charge in [0.25, 0.3) is 0 Å². The van der Waals surface area contributed by atoms with Gasteiger partial charge in [0.1, 0.15) is 12.4 Å². The highest BCUT2D eigenvalue weighted by Gasteiger charge is 2.37. The third-order valence-corrected chi connectivity index (χ3v) is 4.07. The number of rotatable bonds is 10. The molecule has 0 saturated heterocycles. The Labute approximate surface area is 127 Å². The van der Waals surface area contributed by atoms with Crippen LogP contribution in [0.3, 0.4) is 0 Å². The van der Waals surface area contributed by atoms with E-state index in [0.29, 0.717) is 13.2 Å². The molecule has 0 bridgehead atoms. The van der Waals surface area contributed by atoms with Crippen LogP contribution >= 0.6 is 0 Å². The molecule has 0 spiro atoms. The first-order chi connectivity index (χ1) is 10.2. The molecule has 21 heavy (non-hydrogen) atoms. The first-order valence-corrected chi connectivity index (χ1v) is 7.41. The van der Waals surface area contributed by atoms with E-state index in [0.717, 1.165) is 24.2 Å². The first-order valence-electron chi connectivity index (χ1n) is 7.41. The molecular formula is C16H28N2O3. The van der Waals surface area contributed by atoms with Gasteiger partial charge >= 0.3 is 0 Å². The van der Waals surface area contributed by atoms with Crippen molar-refractivity contribution < 1.29 is 14.2 Å². The lowest BCUT2D eigenvalue weighted by molar-refractivity contribution is -0.0493. The highest BCUT2D eigenvalue weighted by molar-refractivity contribution is 5.37. The van der Waals surface area contributed by atoms with Gasteiger partial charge in [-0.2, -0.15) is 0 Å². The molecule has 1 rings (SSSR count). The SMILES string of the molecule is CCC(CC)(OC)C(NN)c1ccccc1OCCOC. The molecule has 5 nitrogen and oxygen atoms in total. The second-order valence-electron chi connectivity index (χ2n) is 4.95. The molecule has 1 aromatic rings. The highest BCUT2D eigenvalue weighted by Crippen LogP contribution is 2.38. The van der Waals surface area contributed by atoms with E-state index in [2.05, 4.69) is 19.3 Å². The molecule has 1 aromatic carbocycles. The van der Waals surface area contributed by atoms with E-state index < -0.39 is 0 Å². The van der Waals surface area contributed by atoms with Crippen molar-refractivity contribution in [2.24, 2.45) is 5.84 Å². The van der Waals surface area contributed by atoms with Gasteiger partial charge in [-0.05, 0) is 18.9 Å². The number of hydrogen-bond donors (Lipinski definition) is 2. The summed E-state index contributed by atoms with van der Waals surface area (Å²) in [6, 6.07) is 7.75. The van der Waals surface area contributed by atoms with Crippen LogP contribution in [-0.4, -0.2) is 33.0 Å². The molecule has 0 aliphatic rings. The van der Waals surface area contributed by atoms with Crippen LogP contribution in [-0.2, 0) is 9.47 Å². The number of ether oxygens (including phenoxy) is 3. The standard InChI is InChI=1S/C16H28N2O3/c1-5-16(6-2,20-4)15(18-17)13-9-7-8-10-14(13)21-12-11-19-3/h7-10,15,18H,5-6,11-12,17H2,1-4H3. The van der Waals surface area contributed by atoms with Crippen LogP contribution < -0.4 is 16.0 Å². The first kappa shape index (κ1) is 17.9. The number of methoxy groups -OCH3 is 2. The zero-order valence-corrected chi connectivity index (χ0v) is 13.5. The van der Waals surface area contributed by atoms with Gasteiger partial charge in [-0.1, -0.05) is 32.0 Å². The Hall–Kier alpha value is -1.14. The fourth-order valence-corrected chi connectivity index (χ4v) is 2.68. The molecule has 1 unspecified atom stereocenters. The maximum Gasteiger partial charge on any atom is 0.124 e. The van der Waals surface area contributed by atoms with Crippen LogP contribution in [0.25, 0.3) is 0 Å². The number of para-hydroxylation sites is 1. The number of benzene rings is 1. The monoisotopic (exact) mass is 296 g/mol. The van der Waals surface area contributed by atoms with Crippen molar-refractivity contribution in [1.29, 1.82) is 0 Å². The molecule has 3 N–H and O–H groups in total. The molecule has 1 atom stereocenters. The number of hydrogen-bond acceptors (Lipinski definition) is 5. The molecule has 0 radical (unpaired) electrons. The van der Waals surface area contributed by atoms with Gasteiger partial charge in [-0.25, -0.2) is 5.43 Å². The van der Waals surface area contributed by atoms with Crippen molar-refractivity contribution in [3.63, 3.8) is 0 Å². The molecule has 0 amide bonds. The molecule has 0 aliphatic heterocycles. The summed E-state index contributed by atoms with van der Waals surface area (Å²) < 4.78 is 16.6. The Morgan fingerprint density at radius 3 is 2.33 bits per heavy atom. The lowest BCUT2D eigenvalue weighted by Crippen LogP contribution is -2.47. The summed E-state index contributed by atoms with van der Waals surface area (Å²) in [7, 11) is 3.38. The van der Waals surface area contributed by atoms with Crippen LogP contribution in [0.5, 0.6) is 5.75 Å². The number of hydrazine groups is 1. The fourth-order valence-electron chi connectivity index (χ4n) is 2.68. The lowest BCUT2D eigenvalue weighted by atomic mass is 9.84. The van der Waals surface area contributed by atoms with Crippen molar-refractivity contribution in [3.8, 4) is 5.75 Å². The average Bonchev–Trinajstić information content (AvgIpc) is 2.54. The predicted octanol–water partition coefficient (Wildman–Crippen LogP) is 2.42. The fraction of sp³-hybridized carbons (Fsp3) is 0.625.